The van der Waals surface area contributed by atoms with Gasteiger partial charge in [-0.1, -0.05) is 0 Å². The molecular formula is C16H24N4O2. The lowest BCUT2D eigenvalue weighted by atomic mass is 9.78. The molecule has 0 unspecified atom stereocenters. The van der Waals surface area contributed by atoms with E-state index in [-0.39, 0.29) is 17.4 Å². The standard InChI is InChI=1S/C16H24N4O2/c1-12-8-17-15(18-9-12)20-6-4-5-16(10-20)7-13(22-11-16)14(21)19(2)3/h8-9,13H,4-7,10-11H2,1-3H3/t13-,16+/m0/s1. The zero-order valence-corrected chi connectivity index (χ0v) is 13.6. The molecule has 0 aromatic carbocycles. The first-order chi connectivity index (χ1) is 10.5. The van der Waals surface area contributed by atoms with E-state index < -0.39 is 0 Å². The van der Waals surface area contributed by atoms with Crippen LogP contribution in [0, 0.1) is 12.3 Å². The van der Waals surface area contributed by atoms with Crippen molar-refractivity contribution in [2.45, 2.75) is 32.3 Å². The normalized spacial score (nSPS) is 28.1. The fraction of sp³-hybridized carbons (Fsp3) is 0.688. The van der Waals surface area contributed by atoms with Gasteiger partial charge in [0, 0.05) is 45.0 Å². The highest BCUT2D eigenvalue weighted by molar-refractivity contribution is 5.80. The summed E-state index contributed by atoms with van der Waals surface area (Å²) in [7, 11) is 3.56. The molecule has 6 nitrogen and oxygen atoms in total. The van der Waals surface area contributed by atoms with Crippen molar-refractivity contribution in [1.82, 2.24) is 14.9 Å². The van der Waals surface area contributed by atoms with Crippen LogP contribution in [-0.2, 0) is 9.53 Å². The lowest BCUT2D eigenvalue weighted by Gasteiger charge is -2.39. The number of amides is 1. The Morgan fingerprint density at radius 1 is 1.41 bits per heavy atom. The minimum Gasteiger partial charge on any atom is -0.368 e. The second-order valence-electron chi connectivity index (χ2n) is 6.82. The van der Waals surface area contributed by atoms with Crippen molar-refractivity contribution in [3.05, 3.63) is 18.0 Å². The van der Waals surface area contributed by atoms with E-state index in [0.29, 0.717) is 6.61 Å². The predicted octanol–water partition coefficient (Wildman–Crippen LogP) is 1.25. The monoisotopic (exact) mass is 304 g/mol. The fourth-order valence-corrected chi connectivity index (χ4v) is 3.45. The van der Waals surface area contributed by atoms with Crippen LogP contribution in [0.4, 0.5) is 5.95 Å². The summed E-state index contributed by atoms with van der Waals surface area (Å²) in [6.45, 7) is 4.48. The summed E-state index contributed by atoms with van der Waals surface area (Å²) < 4.78 is 5.81. The minimum absolute atomic E-state index is 0.0584. The van der Waals surface area contributed by atoms with Gasteiger partial charge < -0.3 is 14.5 Å². The molecule has 0 saturated carbocycles. The summed E-state index contributed by atoms with van der Waals surface area (Å²) in [5, 5.41) is 0. The molecule has 120 valence electrons. The first-order valence-corrected chi connectivity index (χ1v) is 7.85. The van der Waals surface area contributed by atoms with Crippen LogP contribution >= 0.6 is 0 Å². The van der Waals surface area contributed by atoms with Crippen molar-refractivity contribution in [3.63, 3.8) is 0 Å². The van der Waals surface area contributed by atoms with E-state index in [0.717, 1.165) is 43.9 Å². The lowest BCUT2D eigenvalue weighted by molar-refractivity contribution is -0.138. The topological polar surface area (TPSA) is 58.6 Å². The second-order valence-corrected chi connectivity index (χ2v) is 6.82. The van der Waals surface area contributed by atoms with Gasteiger partial charge in [0.2, 0.25) is 5.95 Å². The number of aromatic nitrogens is 2. The van der Waals surface area contributed by atoms with Crippen LogP contribution in [0.5, 0.6) is 0 Å². The number of rotatable bonds is 2. The maximum atomic E-state index is 12.1. The fourth-order valence-electron chi connectivity index (χ4n) is 3.45. The Kier molecular flexibility index (Phi) is 4.04. The number of hydrogen-bond donors (Lipinski definition) is 0. The number of likely N-dealkylation sites (N-methyl/N-ethyl adjacent to an activating group) is 1. The Morgan fingerprint density at radius 2 is 2.14 bits per heavy atom. The first kappa shape index (κ1) is 15.2. The van der Waals surface area contributed by atoms with E-state index in [1.54, 1.807) is 19.0 Å². The van der Waals surface area contributed by atoms with E-state index in [4.69, 9.17) is 4.74 Å². The molecule has 6 heteroatoms. The number of hydrogen-bond acceptors (Lipinski definition) is 5. The number of ether oxygens (including phenoxy) is 1. The van der Waals surface area contributed by atoms with E-state index in [9.17, 15) is 4.79 Å². The largest absolute Gasteiger partial charge is 0.368 e. The molecule has 1 aromatic heterocycles. The van der Waals surface area contributed by atoms with Gasteiger partial charge in [-0.2, -0.15) is 0 Å². The first-order valence-electron chi connectivity index (χ1n) is 7.85. The van der Waals surface area contributed by atoms with Crippen molar-refractivity contribution in [2.75, 3.05) is 38.7 Å². The highest BCUT2D eigenvalue weighted by Crippen LogP contribution is 2.41. The highest BCUT2D eigenvalue weighted by Gasteiger charge is 2.46. The predicted molar refractivity (Wildman–Crippen MR) is 83.7 cm³/mol. The van der Waals surface area contributed by atoms with Gasteiger partial charge in [0.15, 0.2) is 0 Å². The van der Waals surface area contributed by atoms with Crippen LogP contribution in [0.1, 0.15) is 24.8 Å². The van der Waals surface area contributed by atoms with Crippen molar-refractivity contribution < 1.29 is 9.53 Å². The van der Waals surface area contributed by atoms with Crippen LogP contribution in [-0.4, -0.2) is 60.7 Å². The summed E-state index contributed by atoms with van der Waals surface area (Å²) in [6.07, 6.45) is 6.40. The molecule has 0 N–H and O–H groups in total. The Bertz CT molecular complexity index is 546. The van der Waals surface area contributed by atoms with Crippen molar-refractivity contribution in [3.8, 4) is 0 Å². The average Bonchev–Trinajstić information content (AvgIpc) is 2.90. The van der Waals surface area contributed by atoms with Gasteiger partial charge in [0.25, 0.3) is 5.91 Å². The molecule has 0 aliphatic carbocycles. The summed E-state index contributed by atoms with van der Waals surface area (Å²) in [6, 6.07) is 0. The molecule has 2 atom stereocenters. The Balaban J connectivity index is 1.71. The van der Waals surface area contributed by atoms with Gasteiger partial charge in [-0.05, 0) is 31.7 Å². The van der Waals surface area contributed by atoms with E-state index in [1.165, 1.54) is 0 Å². The van der Waals surface area contributed by atoms with Crippen LogP contribution < -0.4 is 4.90 Å². The quantitative estimate of drug-likeness (QED) is 0.823. The molecule has 1 spiro atoms. The minimum atomic E-state index is -0.297. The van der Waals surface area contributed by atoms with Crippen molar-refractivity contribution in [2.24, 2.45) is 5.41 Å². The van der Waals surface area contributed by atoms with Crippen LogP contribution in [0.15, 0.2) is 12.4 Å². The van der Waals surface area contributed by atoms with Crippen molar-refractivity contribution in [1.29, 1.82) is 0 Å². The maximum absolute atomic E-state index is 12.1. The smallest absolute Gasteiger partial charge is 0.251 e. The summed E-state index contributed by atoms with van der Waals surface area (Å²) in [5.74, 6) is 0.854. The summed E-state index contributed by atoms with van der Waals surface area (Å²) in [5.41, 5.74) is 1.12. The van der Waals surface area contributed by atoms with E-state index in [1.807, 2.05) is 19.3 Å². The molecule has 2 aliphatic rings. The summed E-state index contributed by atoms with van der Waals surface area (Å²) >= 11 is 0. The number of aryl methyl sites for hydroxylation is 1. The van der Waals surface area contributed by atoms with Crippen LogP contribution in [0.3, 0.4) is 0 Å². The second kappa shape index (κ2) is 5.83. The molecule has 2 fully saturated rings. The van der Waals surface area contributed by atoms with Gasteiger partial charge in [-0.3, -0.25) is 4.79 Å². The van der Waals surface area contributed by atoms with Crippen molar-refractivity contribution >= 4 is 11.9 Å². The molecule has 0 radical (unpaired) electrons. The van der Waals surface area contributed by atoms with E-state index >= 15 is 0 Å². The Morgan fingerprint density at radius 3 is 2.82 bits per heavy atom. The van der Waals surface area contributed by atoms with Crippen LogP contribution in [0.25, 0.3) is 0 Å². The molecule has 2 saturated heterocycles. The molecule has 3 heterocycles. The number of nitrogens with zero attached hydrogens (tertiary/aromatic N) is 4. The third-order valence-corrected chi connectivity index (χ3v) is 4.64. The Labute approximate surface area is 131 Å². The molecule has 0 bridgehead atoms. The highest BCUT2D eigenvalue weighted by atomic mass is 16.5. The molecule has 1 amide bonds. The molecular weight excluding hydrogens is 280 g/mol. The average molecular weight is 304 g/mol. The number of piperidine rings is 1. The van der Waals surface area contributed by atoms with Crippen LogP contribution in [0.2, 0.25) is 0 Å². The third-order valence-electron chi connectivity index (χ3n) is 4.64. The third kappa shape index (κ3) is 2.92. The van der Waals surface area contributed by atoms with Gasteiger partial charge in [0.1, 0.15) is 6.10 Å². The molecule has 22 heavy (non-hydrogen) atoms. The zero-order valence-electron chi connectivity index (χ0n) is 13.6. The molecule has 1 aromatic rings. The van der Waals surface area contributed by atoms with Gasteiger partial charge in [-0.25, -0.2) is 9.97 Å². The van der Waals surface area contributed by atoms with Gasteiger partial charge in [-0.15, -0.1) is 0 Å². The number of carbonyl (C=O) groups excluding carboxylic acids is 1. The SMILES string of the molecule is Cc1cnc(N2CCC[C@]3(CO[C@H](C(=O)N(C)C)C3)C2)nc1. The van der Waals surface area contributed by atoms with Gasteiger partial charge >= 0.3 is 0 Å². The summed E-state index contributed by atoms with van der Waals surface area (Å²) in [4.78, 5) is 24.8. The molecule has 2 aliphatic heterocycles. The van der Waals surface area contributed by atoms with E-state index in [2.05, 4.69) is 14.9 Å². The lowest BCUT2D eigenvalue weighted by Crippen LogP contribution is -2.45. The number of carbonyl (C=O) groups is 1. The zero-order chi connectivity index (χ0) is 15.7. The van der Waals surface area contributed by atoms with Gasteiger partial charge in [0.05, 0.1) is 6.61 Å². The molecule has 3 rings (SSSR count). The Hall–Kier alpha value is -1.69. The number of anilines is 1. The maximum Gasteiger partial charge on any atom is 0.251 e.